The van der Waals surface area contributed by atoms with Gasteiger partial charge in [-0.05, 0) is 31.2 Å². The molecular weight excluding hydrogens is 311 g/mol. The van der Waals surface area contributed by atoms with Crippen LogP contribution in [0, 0.1) is 0 Å². The summed E-state index contributed by atoms with van der Waals surface area (Å²) < 4.78 is 10.8. The molecule has 0 radical (unpaired) electrons. The Bertz CT molecular complexity index is 614. The van der Waals surface area contributed by atoms with Crippen molar-refractivity contribution >= 4 is 29.2 Å². The van der Waals surface area contributed by atoms with Gasteiger partial charge in [-0.3, -0.25) is 0 Å². The molecule has 0 saturated heterocycles. The standard InChI is InChI=1S/C16H14Cl2O3/c1-2-20-16(19)15(21-12-6-4-3-5-7-12)13-9-8-11(17)10-14(13)18/h3-10,15H,2H2,1H3. The van der Waals surface area contributed by atoms with Crippen LogP contribution < -0.4 is 4.74 Å². The first-order valence-electron chi connectivity index (χ1n) is 6.45. The van der Waals surface area contributed by atoms with E-state index >= 15 is 0 Å². The second kappa shape index (κ2) is 7.34. The van der Waals surface area contributed by atoms with Gasteiger partial charge in [0.25, 0.3) is 0 Å². The van der Waals surface area contributed by atoms with Crippen LogP contribution in [0.25, 0.3) is 0 Å². The molecule has 3 nitrogen and oxygen atoms in total. The maximum Gasteiger partial charge on any atom is 0.352 e. The van der Waals surface area contributed by atoms with Crippen molar-refractivity contribution in [1.82, 2.24) is 0 Å². The average Bonchev–Trinajstić information content (AvgIpc) is 2.47. The molecule has 0 aliphatic heterocycles. The maximum atomic E-state index is 12.1. The Balaban J connectivity index is 2.33. The number of halogens is 2. The monoisotopic (exact) mass is 324 g/mol. The highest BCUT2D eigenvalue weighted by atomic mass is 35.5. The van der Waals surface area contributed by atoms with E-state index in [1.165, 1.54) is 0 Å². The number of para-hydroxylation sites is 1. The second-order valence-electron chi connectivity index (χ2n) is 4.23. The fourth-order valence-corrected chi connectivity index (χ4v) is 2.31. The highest BCUT2D eigenvalue weighted by molar-refractivity contribution is 6.35. The molecular formula is C16H14Cl2O3. The van der Waals surface area contributed by atoms with Crippen LogP contribution in [-0.2, 0) is 9.53 Å². The average molecular weight is 325 g/mol. The lowest BCUT2D eigenvalue weighted by molar-refractivity contribution is -0.151. The van der Waals surface area contributed by atoms with Gasteiger partial charge in [0.15, 0.2) is 0 Å². The summed E-state index contributed by atoms with van der Waals surface area (Å²) in [7, 11) is 0. The molecule has 0 heterocycles. The van der Waals surface area contributed by atoms with E-state index in [-0.39, 0.29) is 6.61 Å². The van der Waals surface area contributed by atoms with E-state index in [2.05, 4.69) is 0 Å². The predicted molar refractivity (Wildman–Crippen MR) is 82.9 cm³/mol. The lowest BCUT2D eigenvalue weighted by Crippen LogP contribution is -2.21. The summed E-state index contributed by atoms with van der Waals surface area (Å²) in [5, 5.41) is 0.850. The van der Waals surface area contributed by atoms with E-state index in [1.54, 1.807) is 37.3 Å². The van der Waals surface area contributed by atoms with Crippen molar-refractivity contribution in [3.05, 3.63) is 64.1 Å². The van der Waals surface area contributed by atoms with E-state index in [0.29, 0.717) is 21.4 Å². The normalized spacial score (nSPS) is 11.8. The van der Waals surface area contributed by atoms with Gasteiger partial charge in [0.05, 0.1) is 6.61 Å². The van der Waals surface area contributed by atoms with E-state index in [1.807, 2.05) is 18.2 Å². The predicted octanol–water partition coefficient (Wildman–Crippen LogP) is 4.68. The molecule has 2 rings (SSSR count). The molecule has 0 bridgehead atoms. The molecule has 0 saturated carbocycles. The lowest BCUT2D eigenvalue weighted by atomic mass is 10.1. The molecule has 0 amide bonds. The summed E-state index contributed by atoms with van der Waals surface area (Å²) in [5.74, 6) is 0.0622. The molecule has 0 aromatic heterocycles. The maximum absolute atomic E-state index is 12.1. The van der Waals surface area contributed by atoms with Crippen LogP contribution in [-0.4, -0.2) is 12.6 Å². The number of hydrogen-bond donors (Lipinski definition) is 0. The first kappa shape index (κ1) is 15.7. The van der Waals surface area contributed by atoms with Crippen molar-refractivity contribution in [2.75, 3.05) is 6.61 Å². The van der Waals surface area contributed by atoms with Crippen LogP contribution in [0.1, 0.15) is 18.6 Å². The zero-order chi connectivity index (χ0) is 15.2. The van der Waals surface area contributed by atoms with Gasteiger partial charge in [-0.2, -0.15) is 0 Å². The number of esters is 1. The van der Waals surface area contributed by atoms with Gasteiger partial charge in [0.1, 0.15) is 5.75 Å². The van der Waals surface area contributed by atoms with Crippen molar-refractivity contribution in [3.63, 3.8) is 0 Å². The molecule has 0 aliphatic carbocycles. The quantitative estimate of drug-likeness (QED) is 0.749. The summed E-state index contributed by atoms with van der Waals surface area (Å²) in [6, 6.07) is 13.9. The van der Waals surface area contributed by atoms with E-state index < -0.39 is 12.1 Å². The van der Waals surface area contributed by atoms with Crippen LogP contribution >= 0.6 is 23.2 Å². The number of benzene rings is 2. The second-order valence-corrected chi connectivity index (χ2v) is 5.07. The molecule has 5 heteroatoms. The van der Waals surface area contributed by atoms with Crippen LogP contribution in [0.3, 0.4) is 0 Å². The molecule has 0 aliphatic rings. The molecule has 0 fully saturated rings. The van der Waals surface area contributed by atoms with E-state index in [0.717, 1.165) is 0 Å². The van der Waals surface area contributed by atoms with E-state index in [4.69, 9.17) is 32.7 Å². The Morgan fingerprint density at radius 2 is 1.86 bits per heavy atom. The molecule has 2 aromatic rings. The molecule has 2 aromatic carbocycles. The van der Waals surface area contributed by atoms with Crippen LogP contribution in [0.4, 0.5) is 0 Å². The minimum Gasteiger partial charge on any atom is -0.474 e. The summed E-state index contributed by atoms with van der Waals surface area (Å²) in [6.45, 7) is 2.00. The summed E-state index contributed by atoms with van der Waals surface area (Å²) in [5.41, 5.74) is 0.517. The van der Waals surface area contributed by atoms with Gasteiger partial charge in [-0.25, -0.2) is 4.79 Å². The number of carbonyl (C=O) groups excluding carboxylic acids is 1. The molecule has 110 valence electrons. The third kappa shape index (κ3) is 4.13. The van der Waals surface area contributed by atoms with Crippen molar-refractivity contribution in [2.24, 2.45) is 0 Å². The number of ether oxygens (including phenoxy) is 2. The minimum atomic E-state index is -0.933. The zero-order valence-electron chi connectivity index (χ0n) is 11.4. The van der Waals surface area contributed by atoms with Crippen LogP contribution in [0.2, 0.25) is 10.0 Å². The minimum absolute atomic E-state index is 0.263. The Kier molecular flexibility index (Phi) is 5.48. The SMILES string of the molecule is CCOC(=O)C(Oc1ccccc1)c1ccc(Cl)cc1Cl. The highest BCUT2D eigenvalue weighted by Crippen LogP contribution is 2.30. The Hall–Kier alpha value is -1.71. The van der Waals surface area contributed by atoms with Gasteiger partial charge in [0.2, 0.25) is 6.10 Å². The zero-order valence-corrected chi connectivity index (χ0v) is 12.9. The Morgan fingerprint density at radius 1 is 1.14 bits per heavy atom. The largest absolute Gasteiger partial charge is 0.474 e. The first-order valence-corrected chi connectivity index (χ1v) is 7.20. The smallest absolute Gasteiger partial charge is 0.352 e. The van der Waals surface area contributed by atoms with Crippen LogP contribution in [0.15, 0.2) is 48.5 Å². The Morgan fingerprint density at radius 3 is 2.48 bits per heavy atom. The highest BCUT2D eigenvalue weighted by Gasteiger charge is 2.26. The van der Waals surface area contributed by atoms with Gasteiger partial charge >= 0.3 is 5.97 Å². The first-order chi connectivity index (χ1) is 10.1. The molecule has 21 heavy (non-hydrogen) atoms. The fourth-order valence-electron chi connectivity index (χ4n) is 1.81. The third-order valence-corrected chi connectivity index (χ3v) is 3.31. The fraction of sp³-hybridized carbons (Fsp3) is 0.188. The van der Waals surface area contributed by atoms with Crippen LogP contribution in [0.5, 0.6) is 5.75 Å². The van der Waals surface area contributed by atoms with Gasteiger partial charge < -0.3 is 9.47 Å². The summed E-state index contributed by atoms with van der Waals surface area (Å²) >= 11 is 12.0. The topological polar surface area (TPSA) is 35.5 Å². The van der Waals surface area contributed by atoms with Gasteiger partial charge in [0, 0.05) is 15.6 Å². The third-order valence-electron chi connectivity index (χ3n) is 2.74. The number of rotatable bonds is 5. The Labute approximate surface area is 133 Å². The number of carbonyl (C=O) groups is 1. The van der Waals surface area contributed by atoms with Crippen molar-refractivity contribution < 1.29 is 14.3 Å². The van der Waals surface area contributed by atoms with Crippen molar-refractivity contribution in [1.29, 1.82) is 0 Å². The molecule has 1 unspecified atom stereocenters. The molecule has 1 atom stereocenters. The summed E-state index contributed by atoms with van der Waals surface area (Å²) in [6.07, 6.45) is -0.933. The van der Waals surface area contributed by atoms with Crippen molar-refractivity contribution in [3.8, 4) is 5.75 Å². The molecule has 0 N–H and O–H groups in total. The van der Waals surface area contributed by atoms with Crippen molar-refractivity contribution in [2.45, 2.75) is 13.0 Å². The molecule has 0 spiro atoms. The van der Waals surface area contributed by atoms with Gasteiger partial charge in [-0.1, -0.05) is 47.5 Å². The van der Waals surface area contributed by atoms with E-state index in [9.17, 15) is 4.79 Å². The number of hydrogen-bond acceptors (Lipinski definition) is 3. The summed E-state index contributed by atoms with van der Waals surface area (Å²) in [4.78, 5) is 12.1. The lowest BCUT2D eigenvalue weighted by Gasteiger charge is -2.19. The van der Waals surface area contributed by atoms with Gasteiger partial charge in [-0.15, -0.1) is 0 Å².